The summed E-state index contributed by atoms with van der Waals surface area (Å²) in [5.74, 6) is 0. The molecule has 1 unspecified atom stereocenters. The molecule has 0 N–H and O–H groups in total. The van der Waals surface area contributed by atoms with E-state index in [1.54, 1.807) is 6.07 Å². The Morgan fingerprint density at radius 2 is 1.53 bits per heavy atom. The minimum atomic E-state index is 0.118. The molecule has 6 heteroatoms. The molecule has 0 aliphatic carbocycles. The quantitative estimate of drug-likeness (QED) is 0.479. The molecule has 1 saturated heterocycles. The van der Waals surface area contributed by atoms with Crippen molar-refractivity contribution in [3.05, 3.63) is 99.0 Å². The van der Waals surface area contributed by atoms with Crippen LogP contribution in [0.25, 0.3) is 0 Å². The third kappa shape index (κ3) is 5.06. The van der Waals surface area contributed by atoms with Gasteiger partial charge in [0.1, 0.15) is 0 Å². The van der Waals surface area contributed by atoms with Crippen molar-refractivity contribution in [1.29, 1.82) is 10.5 Å². The zero-order chi connectivity index (χ0) is 22.5. The van der Waals surface area contributed by atoms with Gasteiger partial charge in [0, 0.05) is 31.2 Å². The Hall–Kier alpha value is -3.02. The largest absolute Gasteiger partial charge is 0.361 e. The van der Waals surface area contributed by atoms with E-state index in [4.69, 9.17) is 28.5 Å². The van der Waals surface area contributed by atoms with Crippen molar-refractivity contribution in [2.24, 2.45) is 0 Å². The molecule has 1 atom stereocenters. The number of hydrogen-bond donors (Lipinski definition) is 0. The molecule has 1 aliphatic rings. The van der Waals surface area contributed by atoms with E-state index in [0.29, 0.717) is 21.2 Å². The molecule has 4 nitrogen and oxygen atoms in total. The van der Waals surface area contributed by atoms with Crippen LogP contribution in [0, 0.1) is 22.7 Å². The Morgan fingerprint density at radius 1 is 0.844 bits per heavy atom. The number of halogens is 2. The molecule has 1 fully saturated rings. The van der Waals surface area contributed by atoms with E-state index in [0.717, 1.165) is 38.3 Å². The fourth-order valence-corrected chi connectivity index (χ4v) is 4.56. The summed E-state index contributed by atoms with van der Waals surface area (Å²) in [5.41, 5.74) is 4.59. The zero-order valence-corrected chi connectivity index (χ0v) is 19.0. The van der Waals surface area contributed by atoms with Crippen LogP contribution in [-0.4, -0.2) is 31.1 Å². The van der Waals surface area contributed by atoms with Crippen molar-refractivity contribution in [3.8, 4) is 12.1 Å². The first-order valence-electron chi connectivity index (χ1n) is 10.5. The van der Waals surface area contributed by atoms with E-state index in [9.17, 15) is 5.26 Å². The number of piperazine rings is 1. The summed E-state index contributed by atoms with van der Waals surface area (Å²) in [5, 5.41) is 19.5. The van der Waals surface area contributed by atoms with Crippen LogP contribution in [0.3, 0.4) is 0 Å². The fourth-order valence-electron chi connectivity index (χ4n) is 4.14. The first-order chi connectivity index (χ1) is 15.6. The van der Waals surface area contributed by atoms with E-state index in [1.165, 1.54) is 11.1 Å². The number of rotatable bonds is 5. The van der Waals surface area contributed by atoms with Crippen molar-refractivity contribution in [3.63, 3.8) is 0 Å². The predicted molar refractivity (Wildman–Crippen MR) is 129 cm³/mol. The van der Waals surface area contributed by atoms with Crippen molar-refractivity contribution in [2.75, 3.05) is 31.1 Å². The van der Waals surface area contributed by atoms with Crippen molar-refractivity contribution in [1.82, 2.24) is 4.90 Å². The van der Waals surface area contributed by atoms with E-state index in [2.05, 4.69) is 34.1 Å². The van der Waals surface area contributed by atoms with Crippen LogP contribution in [0.15, 0.2) is 66.7 Å². The lowest BCUT2D eigenvalue weighted by molar-refractivity contribution is 0.226. The smallest absolute Gasteiger partial charge is 0.0992 e. The molecule has 0 radical (unpaired) electrons. The number of benzene rings is 3. The van der Waals surface area contributed by atoms with Gasteiger partial charge in [0.05, 0.1) is 40.0 Å². The molecule has 3 aromatic rings. The Kier molecular flexibility index (Phi) is 6.98. The average Bonchev–Trinajstić information content (AvgIpc) is 2.83. The second-order valence-electron chi connectivity index (χ2n) is 7.90. The van der Waals surface area contributed by atoms with Crippen LogP contribution < -0.4 is 4.90 Å². The van der Waals surface area contributed by atoms with Gasteiger partial charge in [-0.2, -0.15) is 10.5 Å². The van der Waals surface area contributed by atoms with Crippen LogP contribution >= 0.6 is 23.2 Å². The van der Waals surface area contributed by atoms with Crippen LogP contribution in [0.2, 0.25) is 10.0 Å². The summed E-state index contributed by atoms with van der Waals surface area (Å²) in [7, 11) is 0. The average molecular weight is 461 g/mol. The lowest BCUT2D eigenvalue weighted by Gasteiger charge is -2.43. The molecule has 3 aromatic carbocycles. The Labute approximate surface area is 198 Å². The summed E-state index contributed by atoms with van der Waals surface area (Å²) < 4.78 is 0. The monoisotopic (exact) mass is 460 g/mol. The van der Waals surface area contributed by atoms with Gasteiger partial charge in [-0.15, -0.1) is 0 Å². The molecule has 0 spiro atoms. The lowest BCUT2D eigenvalue weighted by atomic mass is 10.0. The molecule has 0 amide bonds. The van der Waals surface area contributed by atoms with Gasteiger partial charge in [0.2, 0.25) is 0 Å². The highest BCUT2D eigenvalue weighted by Gasteiger charge is 2.29. The Morgan fingerprint density at radius 3 is 2.19 bits per heavy atom. The van der Waals surface area contributed by atoms with Gasteiger partial charge in [-0.05, 0) is 60.0 Å². The van der Waals surface area contributed by atoms with E-state index in [1.807, 2.05) is 48.5 Å². The summed E-state index contributed by atoms with van der Waals surface area (Å²) in [6.07, 6.45) is 0.927. The van der Waals surface area contributed by atoms with Crippen molar-refractivity contribution in [2.45, 2.75) is 12.5 Å². The molecule has 1 heterocycles. The molecule has 160 valence electrons. The zero-order valence-electron chi connectivity index (χ0n) is 17.5. The van der Waals surface area contributed by atoms with Gasteiger partial charge in [-0.25, -0.2) is 0 Å². The lowest BCUT2D eigenvalue weighted by Crippen LogP contribution is -2.49. The van der Waals surface area contributed by atoms with Crippen molar-refractivity contribution < 1.29 is 0 Å². The van der Waals surface area contributed by atoms with E-state index >= 15 is 0 Å². The van der Waals surface area contributed by atoms with Crippen LogP contribution in [-0.2, 0) is 6.42 Å². The molecular weight excluding hydrogens is 439 g/mol. The standard InChI is InChI=1S/C26H22Cl2N4/c27-23-8-6-22(7-9-23)26-18-31(12-11-19-1-3-20(16-29)4-2-19)13-14-32(26)25-10-5-21(17-30)15-24(25)28/h1-10,15,26H,11-14,18H2. The van der Waals surface area contributed by atoms with Gasteiger partial charge in [0.15, 0.2) is 0 Å². The van der Waals surface area contributed by atoms with E-state index < -0.39 is 0 Å². The molecule has 0 saturated carbocycles. The number of anilines is 1. The SMILES string of the molecule is N#Cc1ccc(CCN2CCN(c3ccc(C#N)cc3Cl)C(c3ccc(Cl)cc3)C2)cc1. The number of nitrogens with zero attached hydrogens (tertiary/aromatic N) is 4. The van der Waals surface area contributed by atoms with Crippen LogP contribution in [0.5, 0.6) is 0 Å². The maximum Gasteiger partial charge on any atom is 0.0992 e. The highest BCUT2D eigenvalue weighted by Crippen LogP contribution is 2.36. The summed E-state index contributed by atoms with van der Waals surface area (Å²) in [4.78, 5) is 4.79. The normalized spacial score (nSPS) is 16.4. The van der Waals surface area contributed by atoms with Gasteiger partial charge in [-0.1, -0.05) is 47.5 Å². The van der Waals surface area contributed by atoms with Crippen LogP contribution in [0.4, 0.5) is 5.69 Å². The number of hydrogen-bond acceptors (Lipinski definition) is 4. The first-order valence-corrected chi connectivity index (χ1v) is 11.3. The summed E-state index contributed by atoms with van der Waals surface area (Å²) >= 11 is 12.7. The first kappa shape index (κ1) is 22.2. The fraction of sp³-hybridized carbons (Fsp3) is 0.231. The maximum atomic E-state index is 9.18. The molecular formula is C26H22Cl2N4. The van der Waals surface area contributed by atoms with Gasteiger partial charge >= 0.3 is 0 Å². The summed E-state index contributed by atoms with van der Waals surface area (Å²) in [6, 6.07) is 25.7. The molecule has 0 aromatic heterocycles. The predicted octanol–water partition coefficient (Wildman–Crippen LogP) is 5.84. The molecule has 4 rings (SSSR count). The second-order valence-corrected chi connectivity index (χ2v) is 8.74. The Bertz CT molecular complexity index is 1160. The third-order valence-electron chi connectivity index (χ3n) is 5.91. The van der Waals surface area contributed by atoms with Crippen molar-refractivity contribution >= 4 is 28.9 Å². The molecule has 1 aliphatic heterocycles. The minimum absolute atomic E-state index is 0.118. The van der Waals surface area contributed by atoms with Crippen LogP contribution in [0.1, 0.15) is 28.3 Å². The highest BCUT2D eigenvalue weighted by atomic mass is 35.5. The van der Waals surface area contributed by atoms with Gasteiger partial charge < -0.3 is 4.90 Å². The Balaban J connectivity index is 1.54. The number of nitriles is 2. The third-order valence-corrected chi connectivity index (χ3v) is 6.46. The molecule has 32 heavy (non-hydrogen) atoms. The highest BCUT2D eigenvalue weighted by molar-refractivity contribution is 6.33. The summed E-state index contributed by atoms with van der Waals surface area (Å²) in [6.45, 7) is 3.53. The van der Waals surface area contributed by atoms with Gasteiger partial charge in [0.25, 0.3) is 0 Å². The van der Waals surface area contributed by atoms with E-state index in [-0.39, 0.29) is 6.04 Å². The maximum absolute atomic E-state index is 9.18. The van der Waals surface area contributed by atoms with Gasteiger partial charge in [-0.3, -0.25) is 4.90 Å². The minimum Gasteiger partial charge on any atom is -0.361 e. The second kappa shape index (κ2) is 10.1. The molecule has 0 bridgehead atoms. The topological polar surface area (TPSA) is 54.1 Å².